The second-order valence-corrected chi connectivity index (χ2v) is 6.88. The van der Waals surface area contributed by atoms with Crippen LogP contribution in [0.4, 0.5) is 0 Å². The van der Waals surface area contributed by atoms with Gasteiger partial charge in [-0.15, -0.1) is 0 Å². The molecule has 0 saturated heterocycles. The third-order valence-electron chi connectivity index (χ3n) is 4.69. The largest absolute Gasteiger partial charge is 0.272 e. The third-order valence-corrected chi connectivity index (χ3v) is 4.69. The summed E-state index contributed by atoms with van der Waals surface area (Å²) in [6, 6.07) is 2.53. The van der Waals surface area contributed by atoms with Crippen LogP contribution in [-0.2, 0) is 13.5 Å². The summed E-state index contributed by atoms with van der Waals surface area (Å²) in [6.07, 6.45) is 6.14. The lowest BCUT2D eigenvalue weighted by Gasteiger charge is -2.37. The zero-order valence-corrected chi connectivity index (χ0v) is 12.7. The summed E-state index contributed by atoms with van der Waals surface area (Å²) >= 11 is 0. The van der Waals surface area contributed by atoms with Crippen molar-refractivity contribution in [1.82, 2.24) is 15.2 Å². The molecule has 1 aliphatic rings. The molecule has 1 aromatic heterocycles. The van der Waals surface area contributed by atoms with Crippen LogP contribution in [0.15, 0.2) is 6.07 Å². The van der Waals surface area contributed by atoms with E-state index in [4.69, 9.17) is 5.84 Å². The van der Waals surface area contributed by atoms with E-state index in [2.05, 4.69) is 30.4 Å². The van der Waals surface area contributed by atoms with E-state index in [1.54, 1.807) is 0 Å². The van der Waals surface area contributed by atoms with Crippen molar-refractivity contribution >= 4 is 0 Å². The average Bonchev–Trinajstić information content (AvgIpc) is 2.65. The molecule has 2 rings (SSSR count). The standard InChI is InChI=1S/C15H28N4/c1-11-9-13(19(4)18-11)10-14(17-16)12-5-7-15(2,3)8-6-12/h9,12,14,17H,5-8,10,16H2,1-4H3. The van der Waals surface area contributed by atoms with Gasteiger partial charge in [0.15, 0.2) is 0 Å². The van der Waals surface area contributed by atoms with Gasteiger partial charge in [-0.05, 0) is 50.0 Å². The first-order valence-corrected chi connectivity index (χ1v) is 7.37. The highest BCUT2D eigenvalue weighted by atomic mass is 15.3. The minimum Gasteiger partial charge on any atom is -0.272 e. The van der Waals surface area contributed by atoms with Gasteiger partial charge >= 0.3 is 0 Å². The zero-order valence-electron chi connectivity index (χ0n) is 12.7. The van der Waals surface area contributed by atoms with Crippen molar-refractivity contribution in [2.24, 2.45) is 24.2 Å². The van der Waals surface area contributed by atoms with Crippen LogP contribution in [0, 0.1) is 18.3 Å². The quantitative estimate of drug-likeness (QED) is 0.648. The summed E-state index contributed by atoms with van der Waals surface area (Å²) in [6.45, 7) is 6.79. The minimum absolute atomic E-state index is 0.367. The highest BCUT2D eigenvalue weighted by Gasteiger charge is 2.31. The van der Waals surface area contributed by atoms with Crippen molar-refractivity contribution in [3.05, 3.63) is 17.5 Å². The molecule has 4 heteroatoms. The lowest BCUT2D eigenvalue weighted by molar-refractivity contribution is 0.160. The van der Waals surface area contributed by atoms with Gasteiger partial charge in [0.25, 0.3) is 0 Å². The van der Waals surface area contributed by atoms with Gasteiger partial charge in [0.05, 0.1) is 5.69 Å². The molecule has 4 nitrogen and oxygen atoms in total. The van der Waals surface area contributed by atoms with Crippen LogP contribution in [-0.4, -0.2) is 15.8 Å². The third kappa shape index (κ3) is 3.57. The summed E-state index contributed by atoms with van der Waals surface area (Å²) in [5, 5.41) is 4.41. The molecule has 0 spiro atoms. The van der Waals surface area contributed by atoms with Gasteiger partial charge in [0.1, 0.15) is 0 Å². The topological polar surface area (TPSA) is 55.9 Å². The highest BCUT2D eigenvalue weighted by molar-refractivity contribution is 5.10. The number of nitrogens with one attached hydrogen (secondary N) is 1. The van der Waals surface area contributed by atoms with E-state index in [9.17, 15) is 0 Å². The Balaban J connectivity index is 1.99. The summed E-state index contributed by atoms with van der Waals surface area (Å²) in [7, 11) is 2.01. The van der Waals surface area contributed by atoms with Crippen molar-refractivity contribution in [3.63, 3.8) is 0 Å². The monoisotopic (exact) mass is 264 g/mol. The molecule has 0 radical (unpaired) electrons. The molecule has 1 atom stereocenters. The minimum atomic E-state index is 0.367. The Labute approximate surface area is 116 Å². The molecule has 3 N–H and O–H groups in total. The second kappa shape index (κ2) is 5.63. The van der Waals surface area contributed by atoms with Crippen molar-refractivity contribution in [3.8, 4) is 0 Å². The molecule has 1 unspecified atom stereocenters. The number of rotatable bonds is 4. The molecule has 0 aliphatic heterocycles. The van der Waals surface area contributed by atoms with Crippen LogP contribution in [0.2, 0.25) is 0 Å². The Morgan fingerprint density at radius 1 is 1.47 bits per heavy atom. The van der Waals surface area contributed by atoms with E-state index in [-0.39, 0.29) is 0 Å². The first kappa shape index (κ1) is 14.5. The van der Waals surface area contributed by atoms with E-state index < -0.39 is 0 Å². The number of aromatic nitrogens is 2. The van der Waals surface area contributed by atoms with Crippen LogP contribution in [0.1, 0.15) is 50.9 Å². The van der Waals surface area contributed by atoms with Crippen LogP contribution in [0.3, 0.4) is 0 Å². The summed E-state index contributed by atoms with van der Waals surface area (Å²) < 4.78 is 1.98. The smallest absolute Gasteiger partial charge is 0.0596 e. The predicted octanol–water partition coefficient (Wildman–Crippen LogP) is 2.32. The van der Waals surface area contributed by atoms with Crippen LogP contribution < -0.4 is 11.3 Å². The van der Waals surface area contributed by atoms with E-state index in [0.717, 1.165) is 12.1 Å². The molecule has 0 amide bonds. The SMILES string of the molecule is Cc1cc(CC(NN)C2CCC(C)(C)CC2)n(C)n1. The fourth-order valence-corrected chi connectivity index (χ4v) is 3.27. The normalized spacial score (nSPS) is 21.5. The van der Waals surface area contributed by atoms with Gasteiger partial charge in [-0.3, -0.25) is 16.0 Å². The maximum absolute atomic E-state index is 5.80. The Kier molecular flexibility index (Phi) is 4.31. The fourth-order valence-electron chi connectivity index (χ4n) is 3.27. The zero-order chi connectivity index (χ0) is 14.0. The van der Waals surface area contributed by atoms with Crippen molar-refractivity contribution < 1.29 is 0 Å². The second-order valence-electron chi connectivity index (χ2n) is 6.88. The van der Waals surface area contributed by atoms with Crippen molar-refractivity contribution in [2.75, 3.05) is 0 Å². The molecule has 1 heterocycles. The van der Waals surface area contributed by atoms with Crippen LogP contribution in [0.5, 0.6) is 0 Å². The first-order chi connectivity index (χ1) is 8.91. The Morgan fingerprint density at radius 3 is 2.58 bits per heavy atom. The first-order valence-electron chi connectivity index (χ1n) is 7.37. The van der Waals surface area contributed by atoms with Crippen LogP contribution >= 0.6 is 0 Å². The molecule has 108 valence electrons. The molecule has 1 fully saturated rings. The van der Waals surface area contributed by atoms with Gasteiger partial charge < -0.3 is 0 Å². The number of hydrazine groups is 1. The molecule has 1 aliphatic carbocycles. The Morgan fingerprint density at radius 2 is 2.11 bits per heavy atom. The molecule has 1 saturated carbocycles. The van der Waals surface area contributed by atoms with E-state index in [0.29, 0.717) is 17.4 Å². The summed E-state index contributed by atoms with van der Waals surface area (Å²) in [4.78, 5) is 0. The molecule has 0 bridgehead atoms. The van der Waals surface area contributed by atoms with E-state index in [1.165, 1.54) is 31.4 Å². The van der Waals surface area contributed by atoms with Crippen molar-refractivity contribution in [1.29, 1.82) is 0 Å². The van der Waals surface area contributed by atoms with Crippen LogP contribution in [0.25, 0.3) is 0 Å². The van der Waals surface area contributed by atoms with Gasteiger partial charge in [-0.25, -0.2) is 0 Å². The van der Waals surface area contributed by atoms with Gasteiger partial charge in [0, 0.05) is 25.2 Å². The predicted molar refractivity (Wildman–Crippen MR) is 78.5 cm³/mol. The van der Waals surface area contributed by atoms with E-state index in [1.807, 2.05) is 18.7 Å². The molecule has 0 aromatic carbocycles. The number of nitrogens with two attached hydrogens (primary N) is 1. The molecule has 1 aromatic rings. The molecular formula is C15H28N4. The maximum atomic E-state index is 5.80. The number of nitrogens with zero attached hydrogens (tertiary/aromatic N) is 2. The number of hydrogen-bond donors (Lipinski definition) is 2. The fraction of sp³-hybridized carbons (Fsp3) is 0.800. The summed E-state index contributed by atoms with van der Waals surface area (Å²) in [5.41, 5.74) is 5.91. The lowest BCUT2D eigenvalue weighted by atomic mass is 9.70. The Hall–Kier alpha value is -0.870. The lowest BCUT2D eigenvalue weighted by Crippen LogP contribution is -2.44. The molecule has 19 heavy (non-hydrogen) atoms. The average molecular weight is 264 g/mol. The number of aryl methyl sites for hydroxylation is 2. The van der Waals surface area contributed by atoms with Gasteiger partial charge in [-0.2, -0.15) is 5.10 Å². The molecular weight excluding hydrogens is 236 g/mol. The van der Waals surface area contributed by atoms with E-state index >= 15 is 0 Å². The summed E-state index contributed by atoms with van der Waals surface area (Å²) in [5.74, 6) is 6.48. The van der Waals surface area contributed by atoms with Gasteiger partial charge in [-0.1, -0.05) is 13.8 Å². The maximum Gasteiger partial charge on any atom is 0.0596 e. The Bertz CT molecular complexity index is 412. The van der Waals surface area contributed by atoms with Gasteiger partial charge in [0.2, 0.25) is 0 Å². The highest BCUT2D eigenvalue weighted by Crippen LogP contribution is 2.39. The van der Waals surface area contributed by atoms with Crippen molar-refractivity contribution in [2.45, 2.75) is 58.9 Å². The number of hydrogen-bond acceptors (Lipinski definition) is 3.